The van der Waals surface area contributed by atoms with Gasteiger partial charge in [-0.1, -0.05) is 24.3 Å². The highest BCUT2D eigenvalue weighted by atomic mass is 16.1. The number of aryl methyl sites for hydroxylation is 1. The zero-order chi connectivity index (χ0) is 10.4. The molecular weight excluding hydrogens is 176 g/mol. The number of aldehydes is 1. The highest BCUT2D eigenvalue weighted by Gasteiger charge is 1.96. The molecule has 0 atom stereocenters. The summed E-state index contributed by atoms with van der Waals surface area (Å²) in [5.74, 6) is 0.231. The molecule has 74 valence electrons. The van der Waals surface area contributed by atoms with Crippen LogP contribution >= 0.6 is 0 Å². The smallest absolute Gasteiger partial charge is 0.150 e. The summed E-state index contributed by atoms with van der Waals surface area (Å²) in [5, 5.41) is 0. The van der Waals surface area contributed by atoms with Gasteiger partial charge in [0.2, 0.25) is 0 Å². The van der Waals surface area contributed by atoms with Crippen molar-refractivity contribution in [2.75, 3.05) is 0 Å². The van der Waals surface area contributed by atoms with E-state index >= 15 is 0 Å². The fraction of sp³-hybridized carbons (Fsp3) is 0.333. The molecule has 0 radical (unpaired) electrons. The average molecular weight is 190 g/mol. The van der Waals surface area contributed by atoms with E-state index in [1.54, 1.807) is 19.1 Å². The molecule has 0 aliphatic heterocycles. The molecular formula is C12H14O2. The quantitative estimate of drug-likeness (QED) is 0.668. The summed E-state index contributed by atoms with van der Waals surface area (Å²) in [6, 6.07) is 7.47. The van der Waals surface area contributed by atoms with Crippen LogP contribution in [0.5, 0.6) is 0 Å². The van der Waals surface area contributed by atoms with Crippen LogP contribution in [0.4, 0.5) is 0 Å². The number of benzene rings is 1. The molecule has 0 aliphatic carbocycles. The van der Waals surface area contributed by atoms with E-state index in [2.05, 4.69) is 0 Å². The summed E-state index contributed by atoms with van der Waals surface area (Å²) in [5.41, 5.74) is 1.87. The van der Waals surface area contributed by atoms with Crippen molar-refractivity contribution < 1.29 is 9.59 Å². The largest absolute Gasteiger partial charge is 0.300 e. The Balaban J connectivity index is 2.43. The van der Waals surface area contributed by atoms with Crippen molar-refractivity contribution >= 4 is 12.1 Å². The summed E-state index contributed by atoms with van der Waals surface area (Å²) in [7, 11) is 0. The second-order valence-corrected chi connectivity index (χ2v) is 3.42. The Morgan fingerprint density at radius 3 is 2.43 bits per heavy atom. The minimum atomic E-state index is 0.231. The molecule has 0 aromatic heterocycles. The first-order valence-corrected chi connectivity index (χ1v) is 4.76. The zero-order valence-corrected chi connectivity index (χ0v) is 8.32. The van der Waals surface area contributed by atoms with Gasteiger partial charge in [-0.25, -0.2) is 0 Å². The van der Waals surface area contributed by atoms with Gasteiger partial charge in [0, 0.05) is 12.0 Å². The molecule has 1 rings (SSSR count). The Kier molecular flexibility index (Phi) is 4.05. The van der Waals surface area contributed by atoms with Gasteiger partial charge in [0.1, 0.15) is 12.1 Å². The fourth-order valence-corrected chi connectivity index (χ4v) is 1.30. The maximum absolute atomic E-state index is 10.7. The molecule has 2 heteroatoms. The van der Waals surface area contributed by atoms with Gasteiger partial charge in [-0.15, -0.1) is 0 Å². The predicted octanol–water partition coefficient (Wildman–Crippen LogP) is 2.41. The zero-order valence-electron chi connectivity index (χ0n) is 8.32. The van der Waals surface area contributed by atoms with Gasteiger partial charge in [-0.3, -0.25) is 4.79 Å². The maximum atomic E-state index is 10.7. The van der Waals surface area contributed by atoms with E-state index in [1.807, 2.05) is 12.1 Å². The van der Waals surface area contributed by atoms with Crippen molar-refractivity contribution in [1.29, 1.82) is 0 Å². The number of carbonyl (C=O) groups excluding carboxylic acids is 2. The molecule has 0 spiro atoms. The Morgan fingerprint density at radius 2 is 1.93 bits per heavy atom. The van der Waals surface area contributed by atoms with E-state index in [9.17, 15) is 9.59 Å². The van der Waals surface area contributed by atoms with E-state index in [1.165, 1.54) is 5.56 Å². The van der Waals surface area contributed by atoms with Gasteiger partial charge >= 0.3 is 0 Å². The molecule has 0 amide bonds. The molecule has 0 heterocycles. The minimum absolute atomic E-state index is 0.231. The van der Waals surface area contributed by atoms with Crippen molar-refractivity contribution in [2.24, 2.45) is 0 Å². The van der Waals surface area contributed by atoms with Crippen LogP contribution in [0.25, 0.3) is 0 Å². The number of rotatable bonds is 5. The van der Waals surface area contributed by atoms with Crippen molar-refractivity contribution in [3.05, 3.63) is 35.4 Å². The van der Waals surface area contributed by atoms with Crippen LogP contribution in [-0.4, -0.2) is 12.1 Å². The van der Waals surface area contributed by atoms with Crippen LogP contribution in [-0.2, 0) is 11.2 Å². The topological polar surface area (TPSA) is 34.1 Å². The average Bonchev–Trinajstić information content (AvgIpc) is 2.18. The molecule has 0 unspecified atom stereocenters. The number of Topliss-reactive ketones (excluding diaryl/α,β-unsaturated/α-hetero) is 1. The van der Waals surface area contributed by atoms with Crippen molar-refractivity contribution in [1.82, 2.24) is 0 Å². The molecule has 1 aromatic carbocycles. The first-order chi connectivity index (χ1) is 6.72. The first kappa shape index (κ1) is 10.6. The lowest BCUT2D eigenvalue weighted by Crippen LogP contribution is -1.92. The van der Waals surface area contributed by atoms with E-state index in [0.717, 1.165) is 19.1 Å². The number of carbonyl (C=O) groups is 2. The summed E-state index contributed by atoms with van der Waals surface area (Å²) >= 11 is 0. The van der Waals surface area contributed by atoms with Gasteiger partial charge in [0.15, 0.2) is 0 Å². The molecule has 0 N–H and O–H groups in total. The van der Waals surface area contributed by atoms with Crippen molar-refractivity contribution in [3.8, 4) is 0 Å². The molecule has 0 aliphatic rings. The molecule has 0 saturated heterocycles. The summed E-state index contributed by atoms with van der Waals surface area (Å²) < 4.78 is 0. The number of ketones is 1. The van der Waals surface area contributed by atoms with E-state index in [-0.39, 0.29) is 5.78 Å². The second-order valence-electron chi connectivity index (χ2n) is 3.42. The number of hydrogen-bond acceptors (Lipinski definition) is 2. The van der Waals surface area contributed by atoms with E-state index in [0.29, 0.717) is 12.0 Å². The number of hydrogen-bond donors (Lipinski definition) is 0. The third-order valence-corrected chi connectivity index (χ3v) is 2.11. The van der Waals surface area contributed by atoms with Crippen molar-refractivity contribution in [3.63, 3.8) is 0 Å². The summed E-state index contributed by atoms with van der Waals surface area (Å²) in [4.78, 5) is 21.1. The highest BCUT2D eigenvalue weighted by molar-refractivity contribution is 5.75. The van der Waals surface area contributed by atoms with Gasteiger partial charge in [0.25, 0.3) is 0 Å². The Morgan fingerprint density at radius 1 is 1.29 bits per heavy atom. The van der Waals surface area contributed by atoms with Gasteiger partial charge in [0.05, 0.1) is 0 Å². The molecule has 1 aromatic rings. The lowest BCUT2D eigenvalue weighted by molar-refractivity contribution is -0.117. The highest BCUT2D eigenvalue weighted by Crippen LogP contribution is 2.06. The second kappa shape index (κ2) is 5.32. The predicted molar refractivity (Wildman–Crippen MR) is 55.4 cm³/mol. The molecule has 14 heavy (non-hydrogen) atoms. The molecule has 0 saturated carbocycles. The third kappa shape index (κ3) is 3.52. The van der Waals surface area contributed by atoms with Crippen LogP contribution in [0.2, 0.25) is 0 Å². The van der Waals surface area contributed by atoms with Crippen LogP contribution in [0, 0.1) is 0 Å². The molecule has 2 nitrogen and oxygen atoms in total. The normalized spacial score (nSPS) is 9.79. The first-order valence-electron chi connectivity index (χ1n) is 4.76. The summed E-state index contributed by atoms with van der Waals surface area (Å²) in [6.07, 6.45) is 3.25. The van der Waals surface area contributed by atoms with Crippen LogP contribution in [0.1, 0.15) is 35.7 Å². The summed E-state index contributed by atoms with van der Waals surface area (Å²) in [6.45, 7) is 1.61. The minimum Gasteiger partial charge on any atom is -0.300 e. The Bertz CT molecular complexity index is 312. The molecule has 0 bridgehead atoms. The SMILES string of the molecule is CC(=O)CCCc1ccc(C=O)cc1. The standard InChI is InChI=1S/C12H14O2/c1-10(14)3-2-4-11-5-7-12(9-13)8-6-11/h5-9H,2-4H2,1H3. The van der Waals surface area contributed by atoms with Gasteiger partial charge in [-0.05, 0) is 25.3 Å². The molecule has 0 fully saturated rings. The van der Waals surface area contributed by atoms with Crippen LogP contribution < -0.4 is 0 Å². The van der Waals surface area contributed by atoms with Gasteiger partial charge < -0.3 is 4.79 Å². The van der Waals surface area contributed by atoms with Crippen molar-refractivity contribution in [2.45, 2.75) is 26.2 Å². The maximum Gasteiger partial charge on any atom is 0.150 e. The van der Waals surface area contributed by atoms with E-state index < -0.39 is 0 Å². The lowest BCUT2D eigenvalue weighted by atomic mass is 10.1. The van der Waals surface area contributed by atoms with Crippen LogP contribution in [0.15, 0.2) is 24.3 Å². The van der Waals surface area contributed by atoms with E-state index in [4.69, 9.17) is 0 Å². The lowest BCUT2D eigenvalue weighted by Gasteiger charge is -1.99. The fourth-order valence-electron chi connectivity index (χ4n) is 1.30. The monoisotopic (exact) mass is 190 g/mol. The third-order valence-electron chi connectivity index (χ3n) is 2.11. The van der Waals surface area contributed by atoms with Crippen LogP contribution in [0.3, 0.4) is 0 Å². The Labute approximate surface area is 83.9 Å². The van der Waals surface area contributed by atoms with Gasteiger partial charge in [-0.2, -0.15) is 0 Å². The Hall–Kier alpha value is -1.44.